The van der Waals surface area contributed by atoms with Crippen molar-refractivity contribution >= 4 is 11.4 Å². The Morgan fingerprint density at radius 1 is 1.09 bits per heavy atom. The van der Waals surface area contributed by atoms with Gasteiger partial charge in [0.25, 0.3) is 0 Å². The van der Waals surface area contributed by atoms with Crippen molar-refractivity contribution in [2.75, 3.05) is 20.7 Å². The molecule has 2 aromatic carbocycles. The number of Topliss-reactive ketones (excluding diaryl/α,β-unsaturated/α-hetero) is 1. The van der Waals surface area contributed by atoms with E-state index in [1.54, 1.807) is 7.11 Å². The molecule has 0 aromatic heterocycles. The van der Waals surface area contributed by atoms with Crippen molar-refractivity contribution in [1.82, 2.24) is 4.90 Å². The second-order valence-corrected chi connectivity index (χ2v) is 5.04. The third-order valence-electron chi connectivity index (χ3n) is 3.51. The molecule has 0 atom stereocenters. The fourth-order valence-electron chi connectivity index (χ4n) is 2.11. The predicted octanol–water partition coefficient (Wildman–Crippen LogP) is 3.87. The van der Waals surface area contributed by atoms with Gasteiger partial charge in [-0.2, -0.15) is 0 Å². The number of hydrogen-bond acceptors (Lipinski definition) is 3. The Morgan fingerprint density at radius 3 is 2.41 bits per heavy atom. The summed E-state index contributed by atoms with van der Waals surface area (Å²) in [5.41, 5.74) is 2.20. The Kier molecular flexibility index (Phi) is 5.37. The van der Waals surface area contributed by atoms with Gasteiger partial charge >= 0.3 is 0 Å². The van der Waals surface area contributed by atoms with Crippen LogP contribution >= 0.6 is 0 Å². The number of methoxy groups -OCH3 is 1. The van der Waals surface area contributed by atoms with Crippen molar-refractivity contribution in [2.24, 2.45) is 0 Å². The highest BCUT2D eigenvalue weighted by molar-refractivity contribution is 6.28. The Balaban J connectivity index is 2.47. The van der Waals surface area contributed by atoms with Crippen LogP contribution in [-0.4, -0.2) is 31.4 Å². The average molecular weight is 295 g/mol. The number of ether oxygens (including phenoxy) is 1. The van der Waals surface area contributed by atoms with Gasteiger partial charge in [-0.05, 0) is 24.6 Å². The lowest BCUT2D eigenvalue weighted by atomic mass is 9.97. The van der Waals surface area contributed by atoms with Crippen molar-refractivity contribution in [3.63, 3.8) is 0 Å². The van der Waals surface area contributed by atoms with Crippen LogP contribution in [0.2, 0.25) is 0 Å². The first-order valence-electron chi connectivity index (χ1n) is 7.32. The highest BCUT2D eigenvalue weighted by Crippen LogP contribution is 2.24. The Bertz CT molecular complexity index is 662. The molecule has 3 nitrogen and oxygen atoms in total. The summed E-state index contributed by atoms with van der Waals surface area (Å²) in [6.45, 7) is 2.88. The topological polar surface area (TPSA) is 29.5 Å². The van der Waals surface area contributed by atoms with Crippen LogP contribution in [0.4, 0.5) is 0 Å². The molecule has 0 aliphatic rings. The molecule has 0 radical (unpaired) electrons. The first-order chi connectivity index (χ1) is 10.7. The normalized spacial score (nSPS) is 11.1. The van der Waals surface area contributed by atoms with Crippen LogP contribution in [0.25, 0.3) is 5.57 Å². The molecule has 0 N–H and O–H groups in total. The molecule has 3 heteroatoms. The van der Waals surface area contributed by atoms with Crippen molar-refractivity contribution in [3.05, 3.63) is 71.9 Å². The van der Waals surface area contributed by atoms with Crippen LogP contribution in [0, 0.1) is 0 Å². The number of rotatable bonds is 6. The van der Waals surface area contributed by atoms with Crippen molar-refractivity contribution < 1.29 is 9.53 Å². The van der Waals surface area contributed by atoms with Crippen molar-refractivity contribution in [3.8, 4) is 5.75 Å². The number of carbonyl (C=O) groups is 1. The van der Waals surface area contributed by atoms with Gasteiger partial charge in [-0.3, -0.25) is 4.79 Å². The SMILES string of the molecule is CCN(C)/C=C(/C(=O)c1ccccc1)c1cccc(OC)c1. The lowest BCUT2D eigenvalue weighted by molar-refractivity contribution is 0.105. The summed E-state index contributed by atoms with van der Waals surface area (Å²) in [6, 6.07) is 16.9. The number of hydrogen-bond donors (Lipinski definition) is 0. The summed E-state index contributed by atoms with van der Waals surface area (Å²) in [5, 5.41) is 0. The van der Waals surface area contributed by atoms with Gasteiger partial charge in [-0.15, -0.1) is 0 Å². The fraction of sp³-hybridized carbons (Fsp3) is 0.211. The van der Waals surface area contributed by atoms with E-state index in [9.17, 15) is 4.79 Å². The maximum Gasteiger partial charge on any atom is 0.195 e. The monoisotopic (exact) mass is 295 g/mol. The van der Waals surface area contributed by atoms with Crippen LogP contribution in [0.3, 0.4) is 0 Å². The lowest BCUT2D eigenvalue weighted by Gasteiger charge is -2.15. The highest BCUT2D eigenvalue weighted by atomic mass is 16.5. The number of carbonyl (C=O) groups excluding carboxylic acids is 1. The number of benzene rings is 2. The molecule has 0 unspecified atom stereocenters. The van der Waals surface area contributed by atoms with E-state index in [1.165, 1.54) is 0 Å². The van der Waals surface area contributed by atoms with E-state index in [-0.39, 0.29) is 5.78 Å². The van der Waals surface area contributed by atoms with Crippen LogP contribution in [0.15, 0.2) is 60.8 Å². The molecule has 0 fully saturated rings. The molecule has 0 saturated carbocycles. The summed E-state index contributed by atoms with van der Waals surface area (Å²) >= 11 is 0. The van der Waals surface area contributed by atoms with Gasteiger partial charge in [0.2, 0.25) is 0 Å². The van der Waals surface area contributed by atoms with Crippen LogP contribution in [-0.2, 0) is 0 Å². The van der Waals surface area contributed by atoms with E-state index in [4.69, 9.17) is 4.74 Å². The third kappa shape index (κ3) is 3.76. The van der Waals surface area contributed by atoms with E-state index in [1.807, 2.05) is 79.7 Å². The Morgan fingerprint density at radius 2 is 1.77 bits per heavy atom. The van der Waals surface area contributed by atoms with Gasteiger partial charge in [-0.1, -0.05) is 42.5 Å². The molecule has 0 amide bonds. The molecule has 114 valence electrons. The third-order valence-corrected chi connectivity index (χ3v) is 3.51. The summed E-state index contributed by atoms with van der Waals surface area (Å²) in [6.07, 6.45) is 1.89. The number of nitrogens with zero attached hydrogens (tertiary/aromatic N) is 1. The minimum absolute atomic E-state index is 0.00848. The second kappa shape index (κ2) is 7.46. The first kappa shape index (κ1) is 15.8. The van der Waals surface area contributed by atoms with Crippen LogP contribution in [0.1, 0.15) is 22.8 Å². The van der Waals surface area contributed by atoms with Gasteiger partial charge in [0.15, 0.2) is 5.78 Å². The molecule has 0 spiro atoms. The molecule has 2 rings (SSSR count). The van der Waals surface area contributed by atoms with Gasteiger partial charge < -0.3 is 9.64 Å². The van der Waals surface area contributed by atoms with Gasteiger partial charge in [0, 0.05) is 30.9 Å². The van der Waals surface area contributed by atoms with Crippen LogP contribution in [0.5, 0.6) is 5.75 Å². The fourth-order valence-corrected chi connectivity index (χ4v) is 2.11. The van der Waals surface area contributed by atoms with E-state index in [0.29, 0.717) is 11.1 Å². The highest BCUT2D eigenvalue weighted by Gasteiger charge is 2.15. The minimum atomic E-state index is 0.00848. The Labute approximate surface area is 131 Å². The van der Waals surface area contributed by atoms with Gasteiger partial charge in [0.1, 0.15) is 5.75 Å². The van der Waals surface area contributed by atoms with E-state index >= 15 is 0 Å². The second-order valence-electron chi connectivity index (χ2n) is 5.04. The molecular formula is C19H21NO2. The average Bonchev–Trinajstić information content (AvgIpc) is 2.59. The zero-order valence-electron chi connectivity index (χ0n) is 13.2. The standard InChI is InChI=1S/C19H21NO2/c1-4-20(2)14-18(16-11-8-12-17(13-16)22-3)19(21)15-9-6-5-7-10-15/h5-14H,4H2,1-3H3/b18-14+. The minimum Gasteiger partial charge on any atom is -0.497 e. The maximum absolute atomic E-state index is 12.9. The number of ketones is 1. The molecule has 22 heavy (non-hydrogen) atoms. The zero-order valence-corrected chi connectivity index (χ0v) is 13.2. The predicted molar refractivity (Wildman–Crippen MR) is 90.0 cm³/mol. The number of allylic oxidation sites excluding steroid dienone is 1. The van der Waals surface area contributed by atoms with Crippen LogP contribution < -0.4 is 4.74 Å². The summed E-state index contributed by atoms with van der Waals surface area (Å²) in [5.74, 6) is 0.748. The Hall–Kier alpha value is -2.55. The molecule has 0 aliphatic heterocycles. The molecule has 2 aromatic rings. The van der Waals surface area contributed by atoms with E-state index in [2.05, 4.69) is 0 Å². The summed E-state index contributed by atoms with van der Waals surface area (Å²) in [7, 11) is 3.58. The molecule has 0 saturated heterocycles. The summed E-state index contributed by atoms with van der Waals surface area (Å²) < 4.78 is 5.27. The largest absolute Gasteiger partial charge is 0.497 e. The zero-order chi connectivity index (χ0) is 15.9. The van der Waals surface area contributed by atoms with Gasteiger partial charge in [-0.25, -0.2) is 0 Å². The van der Waals surface area contributed by atoms with E-state index < -0.39 is 0 Å². The van der Waals surface area contributed by atoms with E-state index in [0.717, 1.165) is 17.9 Å². The lowest BCUT2D eigenvalue weighted by Crippen LogP contribution is -2.13. The van der Waals surface area contributed by atoms with Crippen molar-refractivity contribution in [2.45, 2.75) is 6.92 Å². The smallest absolute Gasteiger partial charge is 0.195 e. The maximum atomic E-state index is 12.9. The molecular weight excluding hydrogens is 274 g/mol. The quantitative estimate of drug-likeness (QED) is 0.598. The molecule has 0 bridgehead atoms. The van der Waals surface area contributed by atoms with Gasteiger partial charge in [0.05, 0.1) is 7.11 Å². The summed E-state index contributed by atoms with van der Waals surface area (Å²) in [4.78, 5) is 14.9. The molecule has 0 heterocycles. The first-order valence-corrected chi connectivity index (χ1v) is 7.32. The van der Waals surface area contributed by atoms with Crippen molar-refractivity contribution in [1.29, 1.82) is 0 Å². The molecule has 0 aliphatic carbocycles.